The van der Waals surface area contributed by atoms with Gasteiger partial charge in [0.05, 0.1) is 11.4 Å². The lowest BCUT2D eigenvalue weighted by Crippen LogP contribution is -2.36. The predicted octanol–water partition coefficient (Wildman–Crippen LogP) is 2.84. The Morgan fingerprint density at radius 3 is 3.00 bits per heavy atom. The molecule has 0 saturated carbocycles. The van der Waals surface area contributed by atoms with E-state index in [9.17, 15) is 4.79 Å². The van der Waals surface area contributed by atoms with Crippen molar-refractivity contribution in [2.45, 2.75) is 18.4 Å². The average Bonchev–Trinajstić information content (AvgIpc) is 2.87. The van der Waals surface area contributed by atoms with Crippen LogP contribution in [0.25, 0.3) is 0 Å². The second kappa shape index (κ2) is 5.25. The molecule has 4 nitrogen and oxygen atoms in total. The Hall–Kier alpha value is -1.88. The Kier molecular flexibility index (Phi) is 3.44. The maximum atomic E-state index is 12.8. The highest BCUT2D eigenvalue weighted by atomic mass is 32.2. The monoisotopic (exact) mass is 287 g/mol. The molecule has 2 aromatic rings. The Labute approximate surface area is 122 Å². The third-order valence-corrected chi connectivity index (χ3v) is 4.49. The van der Waals surface area contributed by atoms with Gasteiger partial charge in [-0.05, 0) is 25.1 Å². The van der Waals surface area contributed by atoms with Crippen LogP contribution in [-0.2, 0) is 6.54 Å². The molecule has 2 heterocycles. The van der Waals surface area contributed by atoms with Gasteiger partial charge >= 0.3 is 0 Å². The molecule has 1 aliphatic rings. The van der Waals surface area contributed by atoms with E-state index in [1.54, 1.807) is 17.8 Å². The second-order valence-electron chi connectivity index (χ2n) is 4.72. The molecule has 1 aromatic heterocycles. The largest absolute Gasteiger partial charge is 0.397 e. The number of carbonyl (C=O) groups excluding carboxylic acids is 1. The Morgan fingerprint density at radius 2 is 2.20 bits per heavy atom. The Bertz CT molecular complexity index is 650. The minimum Gasteiger partial charge on any atom is -0.397 e. The Morgan fingerprint density at radius 1 is 1.40 bits per heavy atom. The van der Waals surface area contributed by atoms with Crippen molar-refractivity contribution in [1.29, 1.82) is 0 Å². The van der Waals surface area contributed by atoms with Gasteiger partial charge < -0.3 is 15.2 Å². The van der Waals surface area contributed by atoms with E-state index < -0.39 is 0 Å². The molecule has 0 fully saturated rings. The van der Waals surface area contributed by atoms with Crippen LogP contribution in [0.15, 0.2) is 41.4 Å². The quantitative estimate of drug-likeness (QED) is 0.924. The summed E-state index contributed by atoms with van der Waals surface area (Å²) >= 11 is 1.79. The van der Waals surface area contributed by atoms with E-state index >= 15 is 0 Å². The van der Waals surface area contributed by atoms with E-state index in [0.717, 1.165) is 29.4 Å². The zero-order valence-electron chi connectivity index (χ0n) is 11.4. The number of nitrogen functional groups attached to an aromatic ring is 1. The van der Waals surface area contributed by atoms with E-state index in [2.05, 4.69) is 6.07 Å². The summed E-state index contributed by atoms with van der Waals surface area (Å²) < 4.78 is 1.90. The molecule has 5 heteroatoms. The first kappa shape index (κ1) is 13.1. The van der Waals surface area contributed by atoms with Crippen molar-refractivity contribution in [1.82, 2.24) is 4.57 Å². The molecule has 0 atom stereocenters. The summed E-state index contributed by atoms with van der Waals surface area (Å²) in [6.07, 6.45) is 1.82. The molecule has 0 unspecified atom stereocenters. The first-order chi connectivity index (χ1) is 9.70. The van der Waals surface area contributed by atoms with Crippen LogP contribution >= 0.6 is 11.8 Å². The highest BCUT2D eigenvalue weighted by Gasteiger charge is 2.25. The fourth-order valence-corrected chi connectivity index (χ4v) is 3.49. The normalized spacial score (nSPS) is 14.2. The summed E-state index contributed by atoms with van der Waals surface area (Å²) in [5.74, 6) is 0.946. The molecule has 3 rings (SSSR count). The first-order valence-electron chi connectivity index (χ1n) is 6.70. The fourth-order valence-electron chi connectivity index (χ4n) is 2.49. The van der Waals surface area contributed by atoms with Crippen molar-refractivity contribution in [3.8, 4) is 0 Å². The van der Waals surface area contributed by atoms with E-state index in [1.165, 1.54) is 0 Å². The number of nitrogens with two attached hydrogens (primary N) is 1. The summed E-state index contributed by atoms with van der Waals surface area (Å²) in [5.41, 5.74) is 8.11. The molecule has 0 spiro atoms. The van der Waals surface area contributed by atoms with Crippen molar-refractivity contribution in [2.75, 3.05) is 22.9 Å². The van der Waals surface area contributed by atoms with Crippen LogP contribution in [0.1, 0.15) is 17.4 Å². The van der Waals surface area contributed by atoms with Gasteiger partial charge in [0.2, 0.25) is 0 Å². The molecule has 20 heavy (non-hydrogen) atoms. The molecule has 0 bridgehead atoms. The van der Waals surface area contributed by atoms with E-state index in [0.29, 0.717) is 11.4 Å². The maximum absolute atomic E-state index is 12.8. The van der Waals surface area contributed by atoms with Gasteiger partial charge in [0.15, 0.2) is 0 Å². The standard InChI is InChI=1S/C15H17N3OS/c1-2-17-10-11(16)9-13(17)15(19)18-7-8-20-14-6-4-3-5-12(14)18/h3-6,9-10H,2,7-8,16H2,1H3. The van der Waals surface area contributed by atoms with Crippen LogP contribution in [0.2, 0.25) is 0 Å². The van der Waals surface area contributed by atoms with Crippen molar-refractivity contribution in [3.63, 3.8) is 0 Å². The zero-order chi connectivity index (χ0) is 14.1. The number of amides is 1. The number of carbonyl (C=O) groups is 1. The lowest BCUT2D eigenvalue weighted by atomic mass is 10.2. The first-order valence-corrected chi connectivity index (χ1v) is 7.68. The van der Waals surface area contributed by atoms with Gasteiger partial charge in [0.25, 0.3) is 5.91 Å². The van der Waals surface area contributed by atoms with Gasteiger partial charge in [-0.15, -0.1) is 11.8 Å². The number of hydrogen-bond donors (Lipinski definition) is 1. The van der Waals surface area contributed by atoms with Gasteiger partial charge in [-0.2, -0.15) is 0 Å². The highest BCUT2D eigenvalue weighted by Crippen LogP contribution is 2.35. The van der Waals surface area contributed by atoms with Crippen molar-refractivity contribution in [2.24, 2.45) is 0 Å². The number of hydrogen-bond acceptors (Lipinski definition) is 3. The molecule has 0 aliphatic carbocycles. The summed E-state index contributed by atoms with van der Waals surface area (Å²) in [6, 6.07) is 9.80. The lowest BCUT2D eigenvalue weighted by Gasteiger charge is -2.29. The van der Waals surface area contributed by atoms with Crippen molar-refractivity contribution < 1.29 is 4.79 Å². The number of benzene rings is 1. The SMILES string of the molecule is CCn1cc(N)cc1C(=O)N1CCSc2ccccc21. The fraction of sp³-hybridized carbons (Fsp3) is 0.267. The third kappa shape index (κ3) is 2.18. The average molecular weight is 287 g/mol. The smallest absolute Gasteiger partial charge is 0.275 e. The topological polar surface area (TPSA) is 51.3 Å². The van der Waals surface area contributed by atoms with Gasteiger partial charge in [-0.3, -0.25) is 4.79 Å². The van der Waals surface area contributed by atoms with Crippen LogP contribution in [-0.4, -0.2) is 22.8 Å². The van der Waals surface area contributed by atoms with E-state index in [1.807, 2.05) is 40.8 Å². The van der Waals surface area contributed by atoms with Gasteiger partial charge in [0, 0.05) is 29.9 Å². The molecular weight excluding hydrogens is 270 g/mol. The van der Waals surface area contributed by atoms with Crippen molar-refractivity contribution in [3.05, 3.63) is 42.2 Å². The van der Waals surface area contributed by atoms with Crippen molar-refractivity contribution >= 4 is 29.0 Å². The molecule has 104 valence electrons. The van der Waals surface area contributed by atoms with E-state index in [4.69, 9.17) is 5.73 Å². The number of para-hydroxylation sites is 1. The minimum atomic E-state index is 0.0244. The third-order valence-electron chi connectivity index (χ3n) is 3.45. The van der Waals surface area contributed by atoms with Crippen LogP contribution in [0.5, 0.6) is 0 Å². The second-order valence-corrected chi connectivity index (χ2v) is 5.85. The molecule has 1 aliphatic heterocycles. The van der Waals surface area contributed by atoms with Gasteiger partial charge in [-0.1, -0.05) is 12.1 Å². The van der Waals surface area contributed by atoms with Crippen LogP contribution in [0, 0.1) is 0 Å². The van der Waals surface area contributed by atoms with Crippen LogP contribution in [0.3, 0.4) is 0 Å². The number of anilines is 2. The van der Waals surface area contributed by atoms with E-state index in [-0.39, 0.29) is 5.91 Å². The Balaban J connectivity index is 1.99. The van der Waals surface area contributed by atoms with Gasteiger partial charge in [0.1, 0.15) is 5.69 Å². The number of rotatable bonds is 2. The molecule has 0 radical (unpaired) electrons. The number of nitrogens with zero attached hydrogens (tertiary/aromatic N) is 2. The summed E-state index contributed by atoms with van der Waals surface area (Å²) in [6.45, 7) is 3.48. The molecule has 2 N–H and O–H groups in total. The summed E-state index contributed by atoms with van der Waals surface area (Å²) in [7, 11) is 0. The van der Waals surface area contributed by atoms with Crippen LogP contribution < -0.4 is 10.6 Å². The molecule has 0 saturated heterocycles. The number of aromatic nitrogens is 1. The molecule has 1 amide bonds. The molecule has 1 aromatic carbocycles. The zero-order valence-corrected chi connectivity index (χ0v) is 12.2. The maximum Gasteiger partial charge on any atom is 0.275 e. The highest BCUT2D eigenvalue weighted by molar-refractivity contribution is 7.99. The van der Waals surface area contributed by atoms with Gasteiger partial charge in [-0.25, -0.2) is 0 Å². The summed E-state index contributed by atoms with van der Waals surface area (Å²) in [5, 5.41) is 0. The number of fused-ring (bicyclic) bond motifs is 1. The molecular formula is C15H17N3OS. The number of aryl methyl sites for hydroxylation is 1. The predicted molar refractivity (Wildman–Crippen MR) is 83.4 cm³/mol. The summed E-state index contributed by atoms with van der Waals surface area (Å²) in [4.78, 5) is 15.8. The number of thioether (sulfide) groups is 1. The minimum absolute atomic E-state index is 0.0244. The lowest BCUT2D eigenvalue weighted by molar-refractivity contribution is 0.0979. The van der Waals surface area contributed by atoms with Crippen LogP contribution in [0.4, 0.5) is 11.4 Å².